The first kappa shape index (κ1) is 16.9. The van der Waals surface area contributed by atoms with Gasteiger partial charge in [0.15, 0.2) is 0 Å². The van der Waals surface area contributed by atoms with Crippen molar-refractivity contribution in [3.05, 3.63) is 69.5 Å². The molecule has 0 aliphatic heterocycles. The van der Waals surface area contributed by atoms with Gasteiger partial charge in [0.05, 0.1) is 31.9 Å². The van der Waals surface area contributed by atoms with Crippen molar-refractivity contribution in [3.63, 3.8) is 0 Å². The van der Waals surface area contributed by atoms with Crippen molar-refractivity contribution in [2.45, 2.75) is 0 Å². The number of hydrogen-bond donors (Lipinski definition) is 0. The molecule has 0 spiro atoms. The van der Waals surface area contributed by atoms with Crippen LogP contribution in [0.25, 0.3) is 10.2 Å². The zero-order valence-electron chi connectivity index (χ0n) is 12.9. The number of nitrogens with zero attached hydrogens (tertiary/aromatic N) is 3. The van der Waals surface area contributed by atoms with Crippen LogP contribution in [-0.4, -0.2) is 17.1 Å². The van der Waals surface area contributed by atoms with Gasteiger partial charge in [0.1, 0.15) is 11.6 Å². The molecule has 0 radical (unpaired) electrons. The summed E-state index contributed by atoms with van der Waals surface area (Å²) >= 11 is 8.25. The smallest absolute Gasteiger partial charge is 0.290 e. The second kappa shape index (κ2) is 6.99. The number of rotatable bonds is 4. The summed E-state index contributed by atoms with van der Waals surface area (Å²) in [4.78, 5) is 17.7. The highest BCUT2D eigenvalue weighted by Crippen LogP contribution is 2.32. The zero-order valence-corrected chi connectivity index (χ0v) is 15.3. The normalized spacial score (nSPS) is 11.5. The number of benzene rings is 1. The molecule has 3 aromatic heterocycles. The fourth-order valence-corrected chi connectivity index (χ4v) is 4.09. The van der Waals surface area contributed by atoms with E-state index in [2.05, 4.69) is 10.1 Å². The second-order valence-corrected chi connectivity index (χ2v) is 7.81. The molecule has 1 aromatic carbocycles. The van der Waals surface area contributed by atoms with Crippen LogP contribution in [0, 0.1) is 5.82 Å². The van der Waals surface area contributed by atoms with Crippen molar-refractivity contribution >= 4 is 61.7 Å². The van der Waals surface area contributed by atoms with Gasteiger partial charge in [-0.2, -0.15) is 10.1 Å². The number of furan rings is 1. The SMILES string of the molecule is O=C(c1ccc(Cl)s1)N(/N=C\c1ccco1)c1nc2ccc(F)cc2s1. The lowest BCUT2D eigenvalue weighted by molar-refractivity contribution is 0.0991. The molecular weight excluding hydrogens is 397 g/mol. The second-order valence-electron chi connectivity index (χ2n) is 5.09. The minimum atomic E-state index is -0.385. The number of hydrogen-bond acceptors (Lipinski definition) is 6. The van der Waals surface area contributed by atoms with Gasteiger partial charge >= 0.3 is 0 Å². The average Bonchev–Trinajstić information content (AvgIpc) is 3.35. The van der Waals surface area contributed by atoms with Crippen molar-refractivity contribution in [3.8, 4) is 0 Å². The first-order chi connectivity index (χ1) is 12.6. The topological polar surface area (TPSA) is 58.7 Å². The standard InChI is InChI=1S/C17H9ClFN3O2S2/c18-15-6-5-13(25-15)16(23)22(20-9-11-2-1-7-24-11)17-21-12-4-3-10(19)8-14(12)26-17/h1-9H/b20-9-. The lowest BCUT2D eigenvalue weighted by Crippen LogP contribution is -2.24. The molecular formula is C17H9ClFN3O2S2. The van der Waals surface area contributed by atoms with Gasteiger partial charge in [-0.3, -0.25) is 4.79 Å². The number of carbonyl (C=O) groups is 1. The molecule has 1 amide bonds. The van der Waals surface area contributed by atoms with Crippen molar-refractivity contribution in [2.24, 2.45) is 5.10 Å². The van der Waals surface area contributed by atoms with Crippen LogP contribution in [0.4, 0.5) is 9.52 Å². The first-order valence-corrected chi connectivity index (χ1v) is 9.34. The highest BCUT2D eigenvalue weighted by molar-refractivity contribution is 7.22. The maximum atomic E-state index is 13.5. The van der Waals surface area contributed by atoms with E-state index >= 15 is 0 Å². The van der Waals surface area contributed by atoms with Gasteiger partial charge in [0.2, 0.25) is 5.13 Å². The Labute approximate surface area is 160 Å². The lowest BCUT2D eigenvalue weighted by Gasteiger charge is -2.12. The van der Waals surface area contributed by atoms with Gasteiger partial charge < -0.3 is 4.42 Å². The zero-order chi connectivity index (χ0) is 18.1. The summed E-state index contributed by atoms with van der Waals surface area (Å²) in [5.74, 6) is -0.266. The monoisotopic (exact) mass is 405 g/mol. The molecule has 0 aliphatic rings. The molecule has 3 heterocycles. The first-order valence-electron chi connectivity index (χ1n) is 7.33. The summed E-state index contributed by atoms with van der Waals surface area (Å²) in [5, 5.41) is 5.70. The predicted molar refractivity (Wildman–Crippen MR) is 102 cm³/mol. The number of aromatic nitrogens is 1. The van der Waals surface area contributed by atoms with E-state index < -0.39 is 0 Å². The quantitative estimate of drug-likeness (QED) is 0.336. The van der Waals surface area contributed by atoms with Crippen molar-refractivity contribution in [2.75, 3.05) is 5.01 Å². The lowest BCUT2D eigenvalue weighted by atomic mass is 10.3. The van der Waals surface area contributed by atoms with Crippen LogP contribution in [0.2, 0.25) is 4.34 Å². The van der Waals surface area contributed by atoms with E-state index in [9.17, 15) is 9.18 Å². The Morgan fingerprint density at radius 2 is 2.15 bits per heavy atom. The Kier molecular flexibility index (Phi) is 4.54. The number of carbonyl (C=O) groups excluding carboxylic acids is 1. The highest BCUT2D eigenvalue weighted by atomic mass is 35.5. The van der Waals surface area contributed by atoms with Gasteiger partial charge in [-0.1, -0.05) is 22.9 Å². The molecule has 0 unspecified atom stereocenters. The Morgan fingerprint density at radius 3 is 2.88 bits per heavy atom. The van der Waals surface area contributed by atoms with Crippen LogP contribution in [0.1, 0.15) is 15.4 Å². The maximum Gasteiger partial charge on any atom is 0.290 e. The molecule has 0 saturated heterocycles. The average molecular weight is 406 g/mol. The minimum absolute atomic E-state index is 0.322. The molecule has 4 aromatic rings. The summed E-state index contributed by atoms with van der Waals surface area (Å²) < 4.78 is 19.8. The molecule has 0 saturated carbocycles. The highest BCUT2D eigenvalue weighted by Gasteiger charge is 2.22. The Morgan fingerprint density at radius 1 is 1.27 bits per heavy atom. The maximum absolute atomic E-state index is 13.5. The molecule has 9 heteroatoms. The molecule has 0 atom stereocenters. The fraction of sp³-hybridized carbons (Fsp3) is 0. The summed E-state index contributed by atoms with van der Waals surface area (Å²) in [7, 11) is 0. The fourth-order valence-electron chi connectivity index (χ4n) is 2.18. The van der Waals surface area contributed by atoms with Gasteiger partial charge in [0.25, 0.3) is 5.91 Å². The van der Waals surface area contributed by atoms with E-state index in [1.54, 1.807) is 30.3 Å². The number of thiophene rings is 1. The Bertz CT molecular complexity index is 1100. The summed E-state index contributed by atoms with van der Waals surface area (Å²) in [6.07, 6.45) is 2.92. The molecule has 0 N–H and O–H groups in total. The summed E-state index contributed by atoms with van der Waals surface area (Å²) in [6.45, 7) is 0. The van der Waals surface area contributed by atoms with E-state index in [1.807, 2.05) is 0 Å². The number of anilines is 1. The van der Waals surface area contributed by atoms with Crippen LogP contribution in [0.3, 0.4) is 0 Å². The number of amides is 1. The van der Waals surface area contributed by atoms with Gasteiger partial charge in [-0.15, -0.1) is 11.3 Å². The van der Waals surface area contributed by atoms with Gasteiger partial charge in [-0.05, 0) is 42.5 Å². The van der Waals surface area contributed by atoms with Crippen LogP contribution in [0.15, 0.2) is 58.2 Å². The third-order valence-electron chi connectivity index (χ3n) is 3.34. The molecule has 26 heavy (non-hydrogen) atoms. The number of thiazole rings is 1. The van der Waals surface area contributed by atoms with Crippen molar-refractivity contribution < 1.29 is 13.6 Å². The van der Waals surface area contributed by atoms with Gasteiger partial charge in [-0.25, -0.2) is 9.37 Å². The van der Waals surface area contributed by atoms with E-state index in [-0.39, 0.29) is 11.7 Å². The van der Waals surface area contributed by atoms with Crippen molar-refractivity contribution in [1.82, 2.24) is 4.98 Å². The van der Waals surface area contributed by atoms with Crippen LogP contribution in [-0.2, 0) is 0 Å². The van der Waals surface area contributed by atoms with Crippen LogP contribution in [0.5, 0.6) is 0 Å². The van der Waals surface area contributed by atoms with E-state index in [0.717, 1.165) is 16.3 Å². The third-order valence-corrected chi connectivity index (χ3v) is 5.55. The van der Waals surface area contributed by atoms with E-state index in [0.29, 0.717) is 30.3 Å². The molecule has 0 bridgehead atoms. The summed E-state index contributed by atoms with van der Waals surface area (Å²) in [5.41, 5.74) is 0.585. The molecule has 130 valence electrons. The third kappa shape index (κ3) is 3.39. The van der Waals surface area contributed by atoms with Crippen LogP contribution < -0.4 is 5.01 Å². The number of hydrazone groups is 1. The number of fused-ring (bicyclic) bond motifs is 1. The van der Waals surface area contributed by atoms with Crippen molar-refractivity contribution in [1.29, 1.82) is 0 Å². The molecule has 5 nitrogen and oxygen atoms in total. The molecule has 4 rings (SSSR count). The number of halogens is 2. The van der Waals surface area contributed by atoms with Gasteiger partial charge in [0, 0.05) is 0 Å². The Hall–Kier alpha value is -2.55. The predicted octanol–water partition coefficient (Wildman–Crippen LogP) is 5.42. The summed E-state index contributed by atoms with van der Waals surface area (Å²) in [6, 6.07) is 10.9. The van der Waals surface area contributed by atoms with E-state index in [4.69, 9.17) is 16.0 Å². The Balaban J connectivity index is 1.76. The van der Waals surface area contributed by atoms with E-state index in [1.165, 1.54) is 35.9 Å². The molecule has 0 aliphatic carbocycles. The minimum Gasteiger partial charge on any atom is -0.463 e. The largest absolute Gasteiger partial charge is 0.463 e. The van der Waals surface area contributed by atoms with Crippen LogP contribution >= 0.6 is 34.3 Å². The molecule has 0 fully saturated rings.